The van der Waals surface area contributed by atoms with Gasteiger partial charge in [-0.3, -0.25) is 4.98 Å². The molecule has 3 aromatic rings. The van der Waals surface area contributed by atoms with Crippen LogP contribution < -0.4 is 4.74 Å². The van der Waals surface area contributed by atoms with Crippen LogP contribution in [0.25, 0.3) is 22.3 Å². The van der Waals surface area contributed by atoms with Gasteiger partial charge in [0.25, 0.3) is 0 Å². The van der Waals surface area contributed by atoms with E-state index in [1.54, 1.807) is 17.3 Å². The third-order valence-electron chi connectivity index (χ3n) is 8.21. The molecule has 4 heterocycles. The number of fused-ring (bicyclic) bond motifs is 1. The van der Waals surface area contributed by atoms with Crippen LogP contribution in [-0.4, -0.2) is 73.9 Å². The van der Waals surface area contributed by atoms with Gasteiger partial charge in [0.1, 0.15) is 23.1 Å². The fraction of sp³-hybridized carbons (Fsp3) is 0.600. The van der Waals surface area contributed by atoms with Crippen molar-refractivity contribution in [3.8, 4) is 17.3 Å². The number of rotatable bonds is 6. The number of aliphatic hydroxyl groups excluding tert-OH is 1. The fourth-order valence-corrected chi connectivity index (χ4v) is 5.85. The van der Waals surface area contributed by atoms with E-state index in [1.165, 1.54) is 0 Å². The molecule has 6 rings (SSSR count). The summed E-state index contributed by atoms with van der Waals surface area (Å²) in [5.74, 6) is 0.419. The summed E-state index contributed by atoms with van der Waals surface area (Å²) in [6, 6.07) is 6.15. The van der Waals surface area contributed by atoms with Crippen molar-refractivity contribution in [2.45, 2.75) is 83.6 Å². The van der Waals surface area contributed by atoms with Gasteiger partial charge < -0.3 is 24.2 Å². The number of hydrogen-bond acceptors (Lipinski definition) is 8. The van der Waals surface area contributed by atoms with Crippen LogP contribution in [0.4, 0.5) is 4.79 Å². The van der Waals surface area contributed by atoms with Crippen LogP contribution in [0.3, 0.4) is 0 Å². The third-order valence-corrected chi connectivity index (χ3v) is 8.21. The molecule has 1 amide bonds. The average Bonchev–Trinajstić information content (AvgIpc) is 3.61. The number of hydrogen-bond donors (Lipinski definition) is 1. The molecule has 2 aliphatic heterocycles. The maximum absolute atomic E-state index is 12.8. The van der Waals surface area contributed by atoms with Gasteiger partial charge >= 0.3 is 6.09 Å². The summed E-state index contributed by atoms with van der Waals surface area (Å²) in [5, 5.41) is 15.5. The number of aliphatic hydroxyl groups is 1. The van der Waals surface area contributed by atoms with E-state index in [0.29, 0.717) is 36.8 Å². The second-order valence-corrected chi connectivity index (χ2v) is 12.3. The first-order chi connectivity index (χ1) is 19.2. The van der Waals surface area contributed by atoms with Gasteiger partial charge in [0.05, 0.1) is 24.5 Å². The van der Waals surface area contributed by atoms with E-state index in [0.717, 1.165) is 61.6 Å². The van der Waals surface area contributed by atoms with E-state index in [-0.39, 0.29) is 30.4 Å². The Kier molecular flexibility index (Phi) is 7.16. The van der Waals surface area contributed by atoms with Crippen molar-refractivity contribution >= 4 is 17.0 Å². The van der Waals surface area contributed by atoms with Crippen molar-refractivity contribution in [3.63, 3.8) is 0 Å². The van der Waals surface area contributed by atoms with E-state index < -0.39 is 5.60 Å². The number of carbonyl (C=O) groups excluding carboxylic acids is 1. The molecule has 1 spiro atoms. The van der Waals surface area contributed by atoms with Crippen molar-refractivity contribution in [2.24, 2.45) is 5.41 Å². The van der Waals surface area contributed by atoms with E-state index in [4.69, 9.17) is 24.3 Å². The van der Waals surface area contributed by atoms with Gasteiger partial charge in [0.15, 0.2) is 6.23 Å². The second kappa shape index (κ2) is 10.6. The van der Waals surface area contributed by atoms with Gasteiger partial charge in [-0.1, -0.05) is 6.07 Å². The van der Waals surface area contributed by atoms with E-state index in [2.05, 4.69) is 11.1 Å². The topological polar surface area (TPSA) is 112 Å². The summed E-state index contributed by atoms with van der Waals surface area (Å²) in [6.45, 7) is 7.56. The summed E-state index contributed by atoms with van der Waals surface area (Å²) in [7, 11) is 0. The normalized spacial score (nSPS) is 22.4. The lowest BCUT2D eigenvalue weighted by Gasteiger charge is -2.39. The first kappa shape index (κ1) is 27.0. The summed E-state index contributed by atoms with van der Waals surface area (Å²) < 4.78 is 20.1. The number of amides is 1. The maximum Gasteiger partial charge on any atom is 0.410 e. The highest BCUT2D eigenvalue weighted by Gasteiger charge is 2.54. The van der Waals surface area contributed by atoms with Gasteiger partial charge in [-0.15, -0.1) is 0 Å². The Labute approximate surface area is 234 Å². The zero-order valence-corrected chi connectivity index (χ0v) is 23.6. The number of carbonyl (C=O) groups is 1. The lowest BCUT2D eigenvalue weighted by atomic mass is 9.90. The molecule has 10 nitrogen and oxygen atoms in total. The summed E-state index contributed by atoms with van der Waals surface area (Å²) in [5.41, 5.74) is 2.84. The van der Waals surface area contributed by atoms with Gasteiger partial charge in [-0.25, -0.2) is 14.5 Å². The molecule has 0 bridgehead atoms. The molecule has 1 N–H and O–H groups in total. The quantitative estimate of drug-likeness (QED) is 0.462. The van der Waals surface area contributed by atoms with Crippen LogP contribution in [0.1, 0.15) is 71.1 Å². The maximum atomic E-state index is 12.8. The number of nitrogens with zero attached hydrogens (tertiary/aromatic N) is 5. The van der Waals surface area contributed by atoms with Crippen LogP contribution in [0, 0.1) is 5.41 Å². The van der Waals surface area contributed by atoms with Gasteiger partial charge in [0, 0.05) is 30.6 Å². The molecular formula is C30H39N5O5. The predicted molar refractivity (Wildman–Crippen MR) is 149 cm³/mol. The number of piperidine rings is 1. The highest BCUT2D eigenvalue weighted by Crippen LogP contribution is 2.54. The molecule has 3 aliphatic rings. The average molecular weight is 550 g/mol. The molecule has 0 radical (unpaired) electrons. The van der Waals surface area contributed by atoms with Crippen molar-refractivity contribution < 1.29 is 24.1 Å². The lowest BCUT2D eigenvalue weighted by molar-refractivity contribution is -0.0365. The van der Waals surface area contributed by atoms with Gasteiger partial charge in [-0.2, -0.15) is 5.10 Å². The Morgan fingerprint density at radius 2 is 2.05 bits per heavy atom. The Morgan fingerprint density at radius 3 is 2.77 bits per heavy atom. The van der Waals surface area contributed by atoms with Crippen molar-refractivity contribution in [1.82, 2.24) is 24.6 Å². The molecule has 214 valence electrons. The van der Waals surface area contributed by atoms with E-state index in [1.807, 2.05) is 37.6 Å². The van der Waals surface area contributed by atoms with Gasteiger partial charge in [0.2, 0.25) is 5.88 Å². The minimum atomic E-state index is -0.548. The fourth-order valence-electron chi connectivity index (χ4n) is 5.85. The Hall–Kier alpha value is -3.24. The third kappa shape index (κ3) is 5.51. The molecule has 2 saturated heterocycles. The van der Waals surface area contributed by atoms with Crippen LogP contribution in [-0.2, 0) is 15.9 Å². The molecule has 3 fully saturated rings. The lowest BCUT2D eigenvalue weighted by Crippen LogP contribution is -2.51. The SMILES string of the molecule is CC(C)(C)OC(=O)N1CCC2(CC2)C(Oc2cncc(-c3nn(C4CCCCO4)c4ccc(CCO)cc34)n2)C1. The Bertz CT molecular complexity index is 1370. The van der Waals surface area contributed by atoms with E-state index >= 15 is 0 Å². The van der Waals surface area contributed by atoms with Crippen LogP contribution >= 0.6 is 0 Å². The molecule has 1 saturated carbocycles. The molecular weight excluding hydrogens is 510 g/mol. The molecule has 2 atom stereocenters. The number of benzene rings is 1. The molecule has 1 aliphatic carbocycles. The highest BCUT2D eigenvalue weighted by molar-refractivity contribution is 5.93. The number of aromatic nitrogens is 4. The Morgan fingerprint density at radius 1 is 1.20 bits per heavy atom. The second-order valence-electron chi connectivity index (χ2n) is 12.3. The van der Waals surface area contributed by atoms with Crippen molar-refractivity contribution in [2.75, 3.05) is 26.3 Å². The van der Waals surface area contributed by atoms with Crippen molar-refractivity contribution in [1.29, 1.82) is 0 Å². The van der Waals surface area contributed by atoms with Crippen LogP contribution in [0.15, 0.2) is 30.6 Å². The smallest absolute Gasteiger partial charge is 0.410 e. The monoisotopic (exact) mass is 549 g/mol. The molecule has 2 unspecified atom stereocenters. The molecule has 10 heteroatoms. The zero-order chi connectivity index (χ0) is 27.9. The number of likely N-dealkylation sites (tertiary alicyclic amines) is 1. The van der Waals surface area contributed by atoms with E-state index in [9.17, 15) is 9.90 Å². The largest absolute Gasteiger partial charge is 0.471 e. The standard InChI is InChI=1S/C30H39N5O5/c1-29(2,3)40-28(37)34-13-12-30(10-11-30)24(19-34)39-25-18-31-17-22(32-25)27-21-16-20(9-14-36)7-8-23(21)35(33-27)26-6-4-5-15-38-26/h7-8,16-18,24,26,36H,4-6,9-15,19H2,1-3H3. The zero-order valence-electron chi connectivity index (χ0n) is 23.6. The summed E-state index contributed by atoms with van der Waals surface area (Å²) in [6.07, 6.45) is 9.38. The first-order valence-corrected chi connectivity index (χ1v) is 14.5. The molecule has 40 heavy (non-hydrogen) atoms. The highest BCUT2D eigenvalue weighted by atomic mass is 16.6. The van der Waals surface area contributed by atoms with Crippen molar-refractivity contribution in [3.05, 3.63) is 36.2 Å². The summed E-state index contributed by atoms with van der Waals surface area (Å²) >= 11 is 0. The van der Waals surface area contributed by atoms with Gasteiger partial charge in [-0.05, 0) is 83.4 Å². The first-order valence-electron chi connectivity index (χ1n) is 14.5. The minimum Gasteiger partial charge on any atom is -0.471 e. The van der Waals surface area contributed by atoms with Crippen LogP contribution in [0.5, 0.6) is 5.88 Å². The molecule has 1 aromatic carbocycles. The Balaban J connectivity index is 1.29. The number of ether oxygens (including phenoxy) is 3. The minimum absolute atomic E-state index is 0.0714. The molecule has 2 aromatic heterocycles. The predicted octanol–water partition coefficient (Wildman–Crippen LogP) is 4.90. The summed E-state index contributed by atoms with van der Waals surface area (Å²) in [4.78, 5) is 23.9. The van der Waals surface area contributed by atoms with Crippen LogP contribution in [0.2, 0.25) is 0 Å².